The van der Waals surface area contributed by atoms with Gasteiger partial charge in [-0.3, -0.25) is 0 Å². The molecule has 2 aliphatic heterocycles. The molecule has 0 aromatic carbocycles. The van der Waals surface area contributed by atoms with E-state index in [2.05, 4.69) is 9.47 Å². The molecule has 136 valence electrons. The van der Waals surface area contributed by atoms with Crippen molar-refractivity contribution in [3.63, 3.8) is 0 Å². The van der Waals surface area contributed by atoms with Gasteiger partial charge in [0.1, 0.15) is 23.7 Å². The molecule has 0 radical (unpaired) electrons. The molecule has 0 saturated heterocycles. The number of aliphatic hydroxyl groups is 6. The molecule has 26 heavy (non-hydrogen) atoms. The molecule has 4 atom stereocenters. The molecule has 4 unspecified atom stereocenters. The van der Waals surface area contributed by atoms with Gasteiger partial charge in [0.2, 0.25) is 0 Å². The van der Waals surface area contributed by atoms with Crippen LogP contribution in [0.1, 0.15) is 0 Å². The van der Waals surface area contributed by atoms with Gasteiger partial charge < -0.3 is 50.3 Å². The summed E-state index contributed by atoms with van der Waals surface area (Å²) in [5.74, 6) is -6.50. The van der Waals surface area contributed by atoms with Crippen LogP contribution in [-0.4, -0.2) is 163 Å². The zero-order valence-electron chi connectivity index (χ0n) is 13.3. The Kier molecular flexibility index (Phi) is 13.8. The molecule has 2 aliphatic rings. The number of esters is 2. The minimum atomic E-state index is -1.46. The van der Waals surface area contributed by atoms with Gasteiger partial charge >= 0.3 is 95.2 Å². The van der Waals surface area contributed by atoms with E-state index in [4.69, 9.17) is 30.6 Å². The first-order valence-electron chi connectivity index (χ1n) is 6.35. The molecular formula is C12H14CaO12Sr+2. The van der Waals surface area contributed by atoms with E-state index in [1.54, 1.807) is 0 Å². The smallest absolute Gasteiger partial charge is 0.865 e. The van der Waals surface area contributed by atoms with Crippen LogP contribution in [0.15, 0.2) is 23.0 Å². The normalized spacial score (nSPS) is 23.8. The van der Waals surface area contributed by atoms with E-state index in [1.165, 1.54) is 0 Å². The van der Waals surface area contributed by atoms with Gasteiger partial charge in [-0.2, -0.15) is 0 Å². The molecular weight excluding hydrogens is 464 g/mol. The van der Waals surface area contributed by atoms with Gasteiger partial charge in [0, 0.05) is 11.5 Å². The summed E-state index contributed by atoms with van der Waals surface area (Å²) in [6.07, 6.45) is -5.76. The Morgan fingerprint density at radius 1 is 0.846 bits per heavy atom. The van der Waals surface area contributed by atoms with Crippen LogP contribution in [0.2, 0.25) is 0 Å². The molecule has 12 nitrogen and oxygen atoms in total. The summed E-state index contributed by atoms with van der Waals surface area (Å²) in [6, 6.07) is 0. The van der Waals surface area contributed by atoms with Gasteiger partial charge in [0.05, 0.1) is 13.2 Å². The number of carbonyl (C=O) groups excluding carboxylic acids is 2. The van der Waals surface area contributed by atoms with Crippen molar-refractivity contribution in [2.75, 3.05) is 13.2 Å². The van der Waals surface area contributed by atoms with Crippen molar-refractivity contribution >= 4 is 95.2 Å². The number of rotatable bonds is 4. The number of aliphatic hydroxyl groups excluding tert-OH is 6. The fourth-order valence-electron chi connectivity index (χ4n) is 1.63. The van der Waals surface area contributed by atoms with Crippen LogP contribution >= 0.6 is 0 Å². The Bertz CT molecular complexity index is 527. The maximum absolute atomic E-state index is 10.6. The van der Waals surface area contributed by atoms with Crippen molar-refractivity contribution in [2.24, 2.45) is 0 Å². The van der Waals surface area contributed by atoms with Gasteiger partial charge in [-0.05, 0) is 0 Å². The Labute approximate surface area is 213 Å². The van der Waals surface area contributed by atoms with Gasteiger partial charge in [-0.15, -0.1) is 0 Å². The first-order valence-corrected chi connectivity index (χ1v) is 6.35. The average Bonchev–Trinajstić information content (AvgIpc) is 2.98. The summed E-state index contributed by atoms with van der Waals surface area (Å²) in [7, 11) is 0. The third-order valence-corrected chi connectivity index (χ3v) is 2.92. The predicted octanol–water partition coefficient (Wildman–Crippen LogP) is -5.97. The van der Waals surface area contributed by atoms with Crippen LogP contribution in [0, 0.1) is 0 Å². The molecule has 0 fully saturated rings. The van der Waals surface area contributed by atoms with Crippen LogP contribution in [0.25, 0.3) is 0 Å². The van der Waals surface area contributed by atoms with Gasteiger partial charge in [0.15, 0.2) is 12.2 Å². The zero-order valence-corrected chi connectivity index (χ0v) is 19.0. The molecule has 0 bridgehead atoms. The largest absolute Gasteiger partial charge is 2.00 e. The van der Waals surface area contributed by atoms with Crippen molar-refractivity contribution in [1.29, 1.82) is 0 Å². The molecule has 2 heterocycles. The topological polar surface area (TPSA) is 220 Å². The summed E-state index contributed by atoms with van der Waals surface area (Å²) in [6.45, 7) is -1.40. The monoisotopic (exact) mass is 478 g/mol. The molecule has 2 rings (SSSR count). The Hall–Kier alpha value is 0.200. The van der Waals surface area contributed by atoms with Crippen LogP contribution < -0.4 is 10.2 Å². The molecule has 0 aromatic heterocycles. The van der Waals surface area contributed by atoms with Gasteiger partial charge in [-0.25, -0.2) is 9.59 Å². The fourth-order valence-corrected chi connectivity index (χ4v) is 1.63. The summed E-state index contributed by atoms with van der Waals surface area (Å²) in [5, 5.41) is 73.5. The van der Waals surface area contributed by atoms with Crippen LogP contribution in [-0.2, 0) is 19.1 Å². The van der Waals surface area contributed by atoms with Gasteiger partial charge in [0.25, 0.3) is 0 Å². The first kappa shape index (κ1) is 28.4. The second-order valence-electron chi connectivity index (χ2n) is 4.58. The average molecular weight is 478 g/mol. The Morgan fingerprint density at radius 3 is 1.27 bits per heavy atom. The molecule has 0 aromatic rings. The minimum Gasteiger partial charge on any atom is -0.865 e. The molecule has 14 heteroatoms. The zero-order chi connectivity index (χ0) is 18.6. The number of hydrogen-bond donors (Lipinski definition) is 6. The van der Waals surface area contributed by atoms with E-state index in [1.807, 2.05) is 0 Å². The summed E-state index contributed by atoms with van der Waals surface area (Å²) in [4.78, 5) is 20.9. The van der Waals surface area contributed by atoms with Crippen molar-refractivity contribution in [3.05, 3.63) is 23.0 Å². The minimum absolute atomic E-state index is 0. The number of ether oxygens (including phenoxy) is 2. The summed E-state index contributed by atoms with van der Waals surface area (Å²) >= 11 is 0. The van der Waals surface area contributed by atoms with Crippen molar-refractivity contribution in [2.45, 2.75) is 24.4 Å². The summed E-state index contributed by atoms with van der Waals surface area (Å²) in [5.41, 5.74) is 0. The van der Waals surface area contributed by atoms with E-state index in [0.29, 0.717) is 0 Å². The quantitative estimate of drug-likeness (QED) is 0.164. The van der Waals surface area contributed by atoms with Crippen LogP contribution in [0.5, 0.6) is 0 Å². The summed E-state index contributed by atoms with van der Waals surface area (Å²) < 4.78 is 8.51. The number of cyclic esters (lactones) is 2. The van der Waals surface area contributed by atoms with E-state index < -0.39 is 72.6 Å². The molecule has 0 saturated carbocycles. The van der Waals surface area contributed by atoms with Crippen LogP contribution in [0.4, 0.5) is 0 Å². The van der Waals surface area contributed by atoms with Crippen molar-refractivity contribution in [1.82, 2.24) is 0 Å². The van der Waals surface area contributed by atoms with E-state index in [-0.39, 0.29) is 83.2 Å². The first-order chi connectivity index (χ1) is 11.1. The predicted molar refractivity (Wildman–Crippen MR) is 76.8 cm³/mol. The second kappa shape index (κ2) is 12.6. The van der Waals surface area contributed by atoms with E-state index in [9.17, 15) is 19.8 Å². The Balaban J connectivity index is 0. The fraction of sp³-hybridized carbons (Fsp3) is 0.500. The van der Waals surface area contributed by atoms with Crippen molar-refractivity contribution < 1.29 is 59.9 Å². The van der Waals surface area contributed by atoms with Gasteiger partial charge in [-0.1, -0.05) is 0 Å². The maximum Gasteiger partial charge on any atom is 2.00 e. The van der Waals surface area contributed by atoms with Crippen LogP contribution in [0.3, 0.4) is 0 Å². The number of carbonyl (C=O) groups is 2. The molecule has 6 N–H and O–H groups in total. The standard InChI is InChI=1S/2C6H8O6.Ca.Sr/c2*7-1-2(8)5-3(9)4(10)6(11)12-5;;/h2*2,5,7-10H,1H2;;/q;;2*+2/p-2. The molecule has 0 spiro atoms. The third kappa shape index (κ3) is 6.67. The number of hydrogen-bond acceptors (Lipinski definition) is 12. The van der Waals surface area contributed by atoms with E-state index >= 15 is 0 Å². The third-order valence-electron chi connectivity index (χ3n) is 2.92. The second-order valence-corrected chi connectivity index (χ2v) is 4.58. The SMILES string of the molecule is O=C1OC(C(O)CO)C(O)=C1[O-].O=C1OC(C(O)CO)C(O)=C1[O-].[Ca+2].[Sr+2]. The molecule has 0 amide bonds. The van der Waals surface area contributed by atoms with E-state index in [0.717, 1.165) is 0 Å². The Morgan fingerprint density at radius 2 is 1.12 bits per heavy atom. The van der Waals surface area contributed by atoms with Crippen molar-refractivity contribution in [3.8, 4) is 0 Å². The maximum atomic E-state index is 10.6. The molecule has 0 aliphatic carbocycles.